The summed E-state index contributed by atoms with van der Waals surface area (Å²) in [6, 6.07) is 7.37. The van der Waals surface area contributed by atoms with E-state index in [9.17, 15) is 9.59 Å². The molecule has 0 heterocycles. The van der Waals surface area contributed by atoms with E-state index in [0.29, 0.717) is 5.02 Å². The average Bonchev–Trinajstić information content (AvgIpc) is 2.64. The van der Waals surface area contributed by atoms with Gasteiger partial charge in [0.2, 0.25) is 0 Å². The molecule has 1 atom stereocenters. The lowest BCUT2D eigenvalue weighted by atomic mass is 9.48. The van der Waals surface area contributed by atoms with Crippen molar-refractivity contribution in [3.63, 3.8) is 0 Å². The molecule has 4 aliphatic rings. The molecule has 0 spiro atoms. The Labute approximate surface area is 171 Å². The first-order chi connectivity index (χ1) is 13.4. The summed E-state index contributed by atoms with van der Waals surface area (Å²) in [4.78, 5) is 24.3. The molecule has 4 aliphatic carbocycles. The highest BCUT2D eigenvalue weighted by Crippen LogP contribution is 2.61. The van der Waals surface area contributed by atoms with E-state index in [-0.39, 0.29) is 24.0 Å². The fourth-order valence-electron chi connectivity index (χ4n) is 6.10. The Kier molecular flexibility index (Phi) is 5.50. The van der Waals surface area contributed by atoms with Gasteiger partial charge in [0.15, 0.2) is 6.61 Å². The van der Waals surface area contributed by atoms with E-state index in [1.54, 1.807) is 12.1 Å². The third kappa shape index (κ3) is 4.12. The molecule has 1 N–H and O–H groups in total. The number of hydrogen-bond acceptors (Lipinski definition) is 3. The minimum absolute atomic E-state index is 0.130. The Morgan fingerprint density at radius 3 is 2.39 bits per heavy atom. The van der Waals surface area contributed by atoms with Crippen LogP contribution in [0.2, 0.25) is 5.02 Å². The monoisotopic (exact) mass is 401 g/mol. The predicted octanol–water partition coefficient (Wildman–Crippen LogP) is 4.62. The molecule has 4 bridgehead atoms. The predicted molar refractivity (Wildman–Crippen MR) is 110 cm³/mol. The number of esters is 1. The SMILES string of the molecule is C[C@@H](NC(=O)COC(=O)/C=C/c1ccccc1Cl)C12CC3CC(CC(C3)C1)C2. The van der Waals surface area contributed by atoms with Gasteiger partial charge < -0.3 is 10.1 Å². The van der Waals surface area contributed by atoms with E-state index < -0.39 is 5.97 Å². The summed E-state index contributed by atoms with van der Waals surface area (Å²) < 4.78 is 5.10. The van der Waals surface area contributed by atoms with Crippen LogP contribution in [0.25, 0.3) is 6.08 Å². The molecule has 5 heteroatoms. The summed E-state index contributed by atoms with van der Waals surface area (Å²) in [6.45, 7) is 1.88. The lowest BCUT2D eigenvalue weighted by Crippen LogP contribution is -2.56. The molecule has 4 nitrogen and oxygen atoms in total. The summed E-state index contributed by atoms with van der Waals surface area (Å²) in [7, 11) is 0. The number of halogens is 1. The average molecular weight is 402 g/mol. The van der Waals surface area contributed by atoms with Gasteiger partial charge in [0.05, 0.1) is 0 Å². The van der Waals surface area contributed by atoms with Crippen molar-refractivity contribution in [2.75, 3.05) is 6.61 Å². The van der Waals surface area contributed by atoms with Gasteiger partial charge in [-0.15, -0.1) is 0 Å². The third-order valence-electron chi connectivity index (χ3n) is 7.03. The fraction of sp³-hybridized carbons (Fsp3) is 0.565. The fourth-order valence-corrected chi connectivity index (χ4v) is 6.30. The normalized spacial score (nSPS) is 31.7. The van der Waals surface area contributed by atoms with Gasteiger partial charge in [0.1, 0.15) is 0 Å². The van der Waals surface area contributed by atoms with Crippen LogP contribution in [-0.4, -0.2) is 24.5 Å². The second-order valence-corrected chi connectivity index (χ2v) is 9.44. The Balaban J connectivity index is 1.26. The van der Waals surface area contributed by atoms with E-state index in [1.165, 1.54) is 44.6 Å². The first-order valence-electron chi connectivity index (χ1n) is 10.3. The van der Waals surface area contributed by atoms with Crippen LogP contribution in [0, 0.1) is 23.2 Å². The van der Waals surface area contributed by atoms with Crippen LogP contribution in [0.5, 0.6) is 0 Å². The van der Waals surface area contributed by atoms with Crippen LogP contribution in [0.1, 0.15) is 51.0 Å². The highest BCUT2D eigenvalue weighted by atomic mass is 35.5. The minimum atomic E-state index is -0.544. The number of ether oxygens (including phenoxy) is 1. The number of amides is 1. The first-order valence-corrected chi connectivity index (χ1v) is 10.7. The van der Waals surface area contributed by atoms with Crippen molar-refractivity contribution in [3.05, 3.63) is 40.9 Å². The van der Waals surface area contributed by atoms with Crippen LogP contribution in [-0.2, 0) is 14.3 Å². The second kappa shape index (κ2) is 7.90. The van der Waals surface area contributed by atoms with Crippen molar-refractivity contribution >= 4 is 29.6 Å². The number of nitrogens with one attached hydrogen (secondary N) is 1. The van der Waals surface area contributed by atoms with E-state index in [0.717, 1.165) is 23.3 Å². The zero-order valence-electron chi connectivity index (χ0n) is 16.3. The number of carbonyl (C=O) groups excluding carboxylic acids is 2. The maximum atomic E-state index is 12.3. The highest BCUT2D eigenvalue weighted by Gasteiger charge is 2.53. The molecule has 0 radical (unpaired) electrons. The highest BCUT2D eigenvalue weighted by molar-refractivity contribution is 6.32. The summed E-state index contributed by atoms with van der Waals surface area (Å²) >= 11 is 6.05. The van der Waals surface area contributed by atoms with Gasteiger partial charge in [-0.2, -0.15) is 0 Å². The molecular formula is C23H28ClNO3. The van der Waals surface area contributed by atoms with Gasteiger partial charge in [-0.25, -0.2) is 4.79 Å². The molecule has 28 heavy (non-hydrogen) atoms. The quantitative estimate of drug-likeness (QED) is 0.559. The van der Waals surface area contributed by atoms with Gasteiger partial charge >= 0.3 is 5.97 Å². The molecule has 4 saturated carbocycles. The standard InChI is InChI=1S/C23H28ClNO3/c1-15(23-11-16-8-17(12-23)10-18(9-16)13-23)25-21(26)14-28-22(27)7-6-19-4-2-3-5-20(19)24/h2-7,15-18H,8-14H2,1H3,(H,25,26)/b7-6+/t15-,16?,17?,18?,23?/m1/s1. The van der Waals surface area contributed by atoms with Crippen molar-refractivity contribution in [2.45, 2.75) is 51.5 Å². The van der Waals surface area contributed by atoms with Crippen LogP contribution in [0.4, 0.5) is 0 Å². The van der Waals surface area contributed by atoms with Gasteiger partial charge in [-0.3, -0.25) is 4.79 Å². The molecule has 4 fully saturated rings. The van der Waals surface area contributed by atoms with Gasteiger partial charge in [-0.1, -0.05) is 29.8 Å². The number of benzene rings is 1. The number of rotatable bonds is 6. The Bertz CT molecular complexity index is 753. The van der Waals surface area contributed by atoms with E-state index in [4.69, 9.17) is 16.3 Å². The maximum absolute atomic E-state index is 12.3. The van der Waals surface area contributed by atoms with Crippen molar-refractivity contribution in [1.29, 1.82) is 0 Å². The number of carbonyl (C=O) groups is 2. The van der Waals surface area contributed by atoms with Gasteiger partial charge in [0.25, 0.3) is 5.91 Å². The zero-order chi connectivity index (χ0) is 19.7. The third-order valence-corrected chi connectivity index (χ3v) is 7.38. The smallest absolute Gasteiger partial charge is 0.331 e. The van der Waals surface area contributed by atoms with Crippen molar-refractivity contribution in [1.82, 2.24) is 5.32 Å². The lowest BCUT2D eigenvalue weighted by molar-refractivity contribution is -0.145. The first kappa shape index (κ1) is 19.5. The molecule has 1 aromatic carbocycles. The molecule has 150 valence electrons. The molecule has 0 saturated heterocycles. The lowest BCUT2D eigenvalue weighted by Gasteiger charge is -2.59. The van der Waals surface area contributed by atoms with Gasteiger partial charge in [0, 0.05) is 17.1 Å². The summed E-state index contributed by atoms with van der Waals surface area (Å²) in [6.07, 6.45) is 10.8. The molecule has 0 aromatic heterocycles. The summed E-state index contributed by atoms with van der Waals surface area (Å²) in [5.41, 5.74) is 0.985. The molecule has 0 aliphatic heterocycles. The summed E-state index contributed by atoms with van der Waals surface area (Å²) in [5.74, 6) is 1.77. The molecule has 1 amide bonds. The zero-order valence-corrected chi connectivity index (χ0v) is 17.1. The molecule has 0 unspecified atom stereocenters. The molecule has 1 aromatic rings. The van der Waals surface area contributed by atoms with E-state index in [2.05, 4.69) is 12.2 Å². The van der Waals surface area contributed by atoms with Crippen molar-refractivity contribution in [3.8, 4) is 0 Å². The van der Waals surface area contributed by atoms with Gasteiger partial charge in [-0.05, 0) is 86.3 Å². The largest absolute Gasteiger partial charge is 0.452 e. The van der Waals surface area contributed by atoms with Crippen LogP contribution >= 0.6 is 11.6 Å². The van der Waals surface area contributed by atoms with Crippen molar-refractivity contribution in [2.24, 2.45) is 23.2 Å². The van der Waals surface area contributed by atoms with Crippen LogP contribution < -0.4 is 5.32 Å². The molecular weight excluding hydrogens is 374 g/mol. The maximum Gasteiger partial charge on any atom is 0.331 e. The van der Waals surface area contributed by atoms with Crippen LogP contribution in [0.15, 0.2) is 30.3 Å². The Hall–Kier alpha value is -1.81. The van der Waals surface area contributed by atoms with E-state index in [1.807, 2.05) is 18.2 Å². The minimum Gasteiger partial charge on any atom is -0.452 e. The van der Waals surface area contributed by atoms with Crippen molar-refractivity contribution < 1.29 is 14.3 Å². The Morgan fingerprint density at radius 2 is 1.79 bits per heavy atom. The van der Waals surface area contributed by atoms with E-state index >= 15 is 0 Å². The number of hydrogen-bond donors (Lipinski definition) is 1. The second-order valence-electron chi connectivity index (χ2n) is 9.03. The molecule has 5 rings (SSSR count). The Morgan fingerprint density at radius 1 is 1.18 bits per heavy atom. The summed E-state index contributed by atoms with van der Waals surface area (Å²) in [5, 5.41) is 3.68. The van der Waals surface area contributed by atoms with Crippen LogP contribution in [0.3, 0.4) is 0 Å². The topological polar surface area (TPSA) is 55.4 Å².